The van der Waals surface area contributed by atoms with Gasteiger partial charge in [0.1, 0.15) is 15.8 Å². The molecule has 0 spiro atoms. The maximum absolute atomic E-state index is 12.9. The number of esters is 1. The van der Waals surface area contributed by atoms with Gasteiger partial charge in [0.2, 0.25) is 0 Å². The molecule has 2 fully saturated rings. The lowest BCUT2D eigenvalue weighted by atomic mass is 10.1. The largest absolute Gasteiger partial charge is 0.462 e. The zero-order valence-corrected chi connectivity index (χ0v) is 20.6. The highest BCUT2D eigenvalue weighted by Crippen LogP contribution is 2.34. The van der Waals surface area contributed by atoms with Crippen LogP contribution in [0.2, 0.25) is 0 Å². The van der Waals surface area contributed by atoms with Crippen molar-refractivity contribution in [3.63, 3.8) is 0 Å². The minimum Gasteiger partial charge on any atom is -0.462 e. The average Bonchev–Trinajstić information content (AvgIpc) is 3.62. The molecule has 6 nitrogen and oxygen atoms in total. The van der Waals surface area contributed by atoms with Crippen molar-refractivity contribution < 1.29 is 18.7 Å². The first-order valence-corrected chi connectivity index (χ1v) is 12.7. The number of nitrogens with zero attached hydrogens (tertiary/aromatic N) is 1. The number of carbonyl (C=O) groups excluding carboxylic acids is 2. The Hall–Kier alpha value is -3.20. The van der Waals surface area contributed by atoms with Crippen LogP contribution in [0.25, 0.3) is 17.4 Å². The second-order valence-electron chi connectivity index (χ2n) is 8.49. The van der Waals surface area contributed by atoms with Crippen LogP contribution < -0.4 is 5.32 Å². The van der Waals surface area contributed by atoms with Gasteiger partial charge in [0, 0.05) is 24.1 Å². The zero-order valence-electron chi connectivity index (χ0n) is 18.9. The summed E-state index contributed by atoms with van der Waals surface area (Å²) in [5, 5.41) is 3.27. The van der Waals surface area contributed by atoms with Gasteiger partial charge in [0.25, 0.3) is 5.91 Å². The van der Waals surface area contributed by atoms with Crippen molar-refractivity contribution in [3.05, 3.63) is 88.5 Å². The quantitative estimate of drug-likeness (QED) is 0.272. The summed E-state index contributed by atoms with van der Waals surface area (Å²) in [5.74, 6) is 1.15. The molecule has 2 aliphatic rings. The van der Waals surface area contributed by atoms with Crippen LogP contribution in [0.1, 0.15) is 28.1 Å². The molecule has 2 aliphatic heterocycles. The number of furan rings is 1. The number of nitrogens with one attached hydrogen (secondary N) is 1. The summed E-state index contributed by atoms with van der Waals surface area (Å²) in [6, 6.07) is 20.6. The predicted octanol–water partition coefficient (Wildman–Crippen LogP) is 5.11. The summed E-state index contributed by atoms with van der Waals surface area (Å²) < 4.78 is 11.9. The number of thiocarbonyl (C=S) groups is 1. The van der Waals surface area contributed by atoms with E-state index >= 15 is 0 Å². The topological polar surface area (TPSA) is 71.8 Å². The summed E-state index contributed by atoms with van der Waals surface area (Å²) in [6.45, 7) is 2.75. The molecule has 1 atom stereocenters. The van der Waals surface area contributed by atoms with Crippen LogP contribution in [0.4, 0.5) is 0 Å². The number of hydrogen-bond donors (Lipinski definition) is 1. The van der Waals surface area contributed by atoms with Gasteiger partial charge in [-0.05, 0) is 42.8 Å². The molecule has 3 aromatic rings. The molecule has 178 valence electrons. The van der Waals surface area contributed by atoms with E-state index in [0.717, 1.165) is 30.6 Å². The third kappa shape index (κ3) is 5.56. The van der Waals surface area contributed by atoms with Crippen molar-refractivity contribution in [2.45, 2.75) is 13.0 Å². The molecule has 3 heterocycles. The maximum Gasteiger partial charge on any atom is 0.338 e. The van der Waals surface area contributed by atoms with Gasteiger partial charge in [-0.15, -0.1) is 0 Å². The Morgan fingerprint density at radius 1 is 1.14 bits per heavy atom. The summed E-state index contributed by atoms with van der Waals surface area (Å²) in [5.41, 5.74) is 2.36. The molecule has 2 saturated heterocycles. The van der Waals surface area contributed by atoms with Crippen LogP contribution in [0, 0.1) is 5.92 Å². The van der Waals surface area contributed by atoms with Gasteiger partial charge in [0.15, 0.2) is 0 Å². The highest BCUT2D eigenvalue weighted by Gasteiger charge is 2.32. The van der Waals surface area contributed by atoms with E-state index in [0.29, 0.717) is 45.4 Å². The average molecular weight is 505 g/mol. The lowest BCUT2D eigenvalue weighted by Crippen LogP contribution is -2.27. The van der Waals surface area contributed by atoms with Crippen LogP contribution in [-0.2, 0) is 16.1 Å². The summed E-state index contributed by atoms with van der Waals surface area (Å²) in [4.78, 5) is 27.4. The molecular weight excluding hydrogens is 480 g/mol. The van der Waals surface area contributed by atoms with E-state index in [4.69, 9.17) is 21.4 Å². The molecule has 1 aromatic heterocycles. The van der Waals surface area contributed by atoms with Crippen LogP contribution in [0.15, 0.2) is 76.1 Å². The molecule has 0 radical (unpaired) electrons. The van der Waals surface area contributed by atoms with E-state index in [1.54, 1.807) is 23.1 Å². The molecule has 0 aliphatic carbocycles. The van der Waals surface area contributed by atoms with Crippen molar-refractivity contribution in [1.82, 2.24) is 10.2 Å². The third-order valence-electron chi connectivity index (χ3n) is 5.97. The van der Waals surface area contributed by atoms with Gasteiger partial charge in [0.05, 0.1) is 23.6 Å². The highest BCUT2D eigenvalue weighted by molar-refractivity contribution is 8.26. The number of rotatable bonds is 7. The van der Waals surface area contributed by atoms with Crippen molar-refractivity contribution >= 4 is 46.3 Å². The Morgan fingerprint density at radius 2 is 1.94 bits per heavy atom. The van der Waals surface area contributed by atoms with Gasteiger partial charge in [-0.2, -0.15) is 0 Å². The maximum atomic E-state index is 12.9. The van der Waals surface area contributed by atoms with Crippen LogP contribution >= 0.6 is 24.0 Å². The van der Waals surface area contributed by atoms with Crippen molar-refractivity contribution in [1.29, 1.82) is 0 Å². The SMILES string of the molecule is O=C(OCC1CCNC1)c1ccc(-c2ccc(/C=C3/SC(=S)N(Cc4ccccc4)C3=O)o2)cc1. The second-order valence-corrected chi connectivity index (χ2v) is 10.2. The Labute approximate surface area is 213 Å². The molecule has 35 heavy (non-hydrogen) atoms. The van der Waals surface area contributed by atoms with Gasteiger partial charge >= 0.3 is 5.97 Å². The van der Waals surface area contributed by atoms with E-state index in [-0.39, 0.29) is 11.9 Å². The van der Waals surface area contributed by atoms with Gasteiger partial charge in [-0.1, -0.05) is 66.4 Å². The fraction of sp³-hybridized carbons (Fsp3) is 0.222. The van der Waals surface area contributed by atoms with Crippen molar-refractivity contribution in [2.75, 3.05) is 19.7 Å². The normalized spacial score (nSPS) is 19.0. The predicted molar refractivity (Wildman–Crippen MR) is 141 cm³/mol. The molecule has 2 aromatic carbocycles. The first-order chi connectivity index (χ1) is 17.1. The Kier molecular flexibility index (Phi) is 7.13. The zero-order chi connectivity index (χ0) is 24.2. The van der Waals surface area contributed by atoms with Gasteiger partial charge in [-0.25, -0.2) is 4.79 Å². The molecule has 1 N–H and O–H groups in total. The Balaban J connectivity index is 1.23. The molecular formula is C27H24N2O4S2. The number of thioether (sulfide) groups is 1. The van der Waals surface area contributed by atoms with Crippen LogP contribution in [0.5, 0.6) is 0 Å². The fourth-order valence-electron chi connectivity index (χ4n) is 4.02. The molecule has 1 amide bonds. The second kappa shape index (κ2) is 10.6. The number of benzene rings is 2. The minimum absolute atomic E-state index is 0.127. The Bertz CT molecular complexity index is 1260. The van der Waals surface area contributed by atoms with Crippen LogP contribution in [-0.4, -0.2) is 40.8 Å². The lowest BCUT2D eigenvalue weighted by molar-refractivity contribution is -0.122. The molecule has 0 saturated carbocycles. The Morgan fingerprint density at radius 3 is 2.69 bits per heavy atom. The minimum atomic E-state index is -0.318. The highest BCUT2D eigenvalue weighted by atomic mass is 32.2. The van der Waals surface area contributed by atoms with E-state index in [2.05, 4.69) is 5.32 Å². The summed E-state index contributed by atoms with van der Waals surface area (Å²) in [6.07, 6.45) is 2.75. The number of amides is 1. The summed E-state index contributed by atoms with van der Waals surface area (Å²) >= 11 is 6.70. The number of ether oxygens (including phenoxy) is 1. The van der Waals surface area contributed by atoms with E-state index < -0.39 is 0 Å². The van der Waals surface area contributed by atoms with Gasteiger partial charge in [-0.3, -0.25) is 9.69 Å². The van der Waals surface area contributed by atoms with E-state index in [1.807, 2.05) is 54.6 Å². The molecule has 0 bridgehead atoms. The molecule has 5 rings (SSSR count). The van der Waals surface area contributed by atoms with Gasteiger partial charge < -0.3 is 14.5 Å². The van der Waals surface area contributed by atoms with E-state index in [1.165, 1.54) is 11.8 Å². The fourth-order valence-corrected chi connectivity index (χ4v) is 5.26. The van der Waals surface area contributed by atoms with E-state index in [9.17, 15) is 9.59 Å². The number of hydrogen-bond acceptors (Lipinski definition) is 7. The lowest BCUT2D eigenvalue weighted by Gasteiger charge is -2.14. The first kappa shape index (κ1) is 23.5. The van der Waals surface area contributed by atoms with Crippen LogP contribution in [0.3, 0.4) is 0 Å². The van der Waals surface area contributed by atoms with Crippen molar-refractivity contribution in [2.24, 2.45) is 5.92 Å². The first-order valence-electron chi connectivity index (χ1n) is 11.4. The molecule has 8 heteroatoms. The molecule has 1 unspecified atom stereocenters. The standard InChI is InChI=1S/C27H24N2O4S2/c30-25-24(35-27(34)29(25)16-18-4-2-1-3-5-18)14-22-10-11-23(33-22)20-6-8-21(9-7-20)26(31)32-17-19-12-13-28-15-19/h1-11,14,19,28H,12-13,15-17H2/b24-14+. The van der Waals surface area contributed by atoms with Crippen molar-refractivity contribution in [3.8, 4) is 11.3 Å². The third-order valence-corrected chi connectivity index (χ3v) is 7.35. The number of carbonyl (C=O) groups is 2. The summed E-state index contributed by atoms with van der Waals surface area (Å²) in [7, 11) is 0. The smallest absolute Gasteiger partial charge is 0.338 e. The monoisotopic (exact) mass is 504 g/mol.